The van der Waals surface area contributed by atoms with Crippen molar-refractivity contribution < 1.29 is 0 Å². The number of benzene rings is 1. The summed E-state index contributed by atoms with van der Waals surface area (Å²) in [7, 11) is 0. The molecule has 3 heteroatoms. The molecule has 0 radical (unpaired) electrons. The van der Waals surface area contributed by atoms with Crippen LogP contribution in [0.1, 0.15) is 36.1 Å². The fourth-order valence-corrected chi connectivity index (χ4v) is 2.00. The molecule has 0 amide bonds. The van der Waals surface area contributed by atoms with Crippen molar-refractivity contribution in [3.8, 4) is 0 Å². The van der Waals surface area contributed by atoms with E-state index >= 15 is 0 Å². The van der Waals surface area contributed by atoms with Crippen LogP contribution in [0.2, 0.25) is 0 Å². The van der Waals surface area contributed by atoms with Crippen LogP contribution < -0.4 is 11.1 Å². The number of pyridine rings is 1. The van der Waals surface area contributed by atoms with E-state index in [0.717, 1.165) is 29.9 Å². The maximum absolute atomic E-state index is 6.02. The molecule has 3 N–H and O–H groups in total. The lowest BCUT2D eigenvalue weighted by molar-refractivity contribution is 0.694. The Morgan fingerprint density at radius 1 is 1.26 bits per heavy atom. The molecule has 0 unspecified atom stereocenters. The molecular weight excluding hydrogens is 234 g/mol. The molecule has 0 aliphatic rings. The lowest BCUT2D eigenvalue weighted by atomic mass is 10.1. The quantitative estimate of drug-likeness (QED) is 0.860. The lowest BCUT2D eigenvalue weighted by Crippen LogP contribution is -2.10. The molecule has 0 saturated heterocycles. The van der Waals surface area contributed by atoms with E-state index in [1.807, 2.05) is 24.4 Å². The molecule has 0 fully saturated rings. The van der Waals surface area contributed by atoms with Crippen LogP contribution in [0, 0.1) is 6.92 Å². The third kappa shape index (κ3) is 3.55. The van der Waals surface area contributed by atoms with Gasteiger partial charge in [0.1, 0.15) is 5.82 Å². The minimum atomic E-state index is 0.0781. The summed E-state index contributed by atoms with van der Waals surface area (Å²) in [5.41, 5.74) is 9.50. The van der Waals surface area contributed by atoms with Gasteiger partial charge >= 0.3 is 0 Å². The molecule has 0 aliphatic carbocycles. The van der Waals surface area contributed by atoms with Crippen molar-refractivity contribution in [3.63, 3.8) is 0 Å². The van der Waals surface area contributed by atoms with E-state index in [-0.39, 0.29) is 6.04 Å². The van der Waals surface area contributed by atoms with Crippen molar-refractivity contribution in [2.24, 2.45) is 5.73 Å². The molecule has 2 rings (SSSR count). The Bertz CT molecular complexity index is 523. The highest BCUT2D eigenvalue weighted by Crippen LogP contribution is 2.19. The summed E-state index contributed by atoms with van der Waals surface area (Å²) in [6.07, 6.45) is 2.80. The van der Waals surface area contributed by atoms with Gasteiger partial charge in [-0.1, -0.05) is 37.3 Å². The van der Waals surface area contributed by atoms with Crippen LogP contribution in [-0.4, -0.2) is 4.98 Å². The Kier molecular flexibility index (Phi) is 4.53. The molecule has 0 spiro atoms. The van der Waals surface area contributed by atoms with Gasteiger partial charge in [0, 0.05) is 18.8 Å². The van der Waals surface area contributed by atoms with Gasteiger partial charge in [-0.2, -0.15) is 0 Å². The number of nitrogens with two attached hydrogens (primary N) is 1. The van der Waals surface area contributed by atoms with E-state index in [0.29, 0.717) is 0 Å². The highest BCUT2D eigenvalue weighted by molar-refractivity contribution is 5.45. The Balaban J connectivity index is 2.05. The minimum absolute atomic E-state index is 0.0781. The van der Waals surface area contributed by atoms with E-state index in [1.54, 1.807) is 0 Å². The largest absolute Gasteiger partial charge is 0.366 e. The molecule has 1 atom stereocenters. The molecule has 0 bridgehead atoms. The summed E-state index contributed by atoms with van der Waals surface area (Å²) < 4.78 is 0. The van der Waals surface area contributed by atoms with Gasteiger partial charge in [-0.15, -0.1) is 0 Å². The van der Waals surface area contributed by atoms with E-state index in [9.17, 15) is 0 Å². The summed E-state index contributed by atoms with van der Waals surface area (Å²) in [5.74, 6) is 0.927. The fraction of sp³-hybridized carbons (Fsp3) is 0.312. The second-order valence-electron chi connectivity index (χ2n) is 4.79. The number of aromatic nitrogens is 1. The van der Waals surface area contributed by atoms with Gasteiger partial charge < -0.3 is 11.1 Å². The third-order valence-corrected chi connectivity index (χ3v) is 3.27. The monoisotopic (exact) mass is 255 g/mol. The third-order valence-electron chi connectivity index (χ3n) is 3.27. The minimum Gasteiger partial charge on any atom is -0.366 e. The molecule has 1 heterocycles. The highest BCUT2D eigenvalue weighted by atomic mass is 15.0. The molecule has 1 aromatic carbocycles. The number of anilines is 1. The van der Waals surface area contributed by atoms with Crippen molar-refractivity contribution in [2.45, 2.75) is 32.9 Å². The average molecular weight is 255 g/mol. The van der Waals surface area contributed by atoms with Crippen molar-refractivity contribution in [1.29, 1.82) is 0 Å². The zero-order valence-corrected chi connectivity index (χ0v) is 11.6. The van der Waals surface area contributed by atoms with Crippen LogP contribution in [0.4, 0.5) is 5.82 Å². The Labute approximate surface area is 114 Å². The van der Waals surface area contributed by atoms with Crippen LogP contribution in [0.5, 0.6) is 0 Å². The van der Waals surface area contributed by atoms with Crippen LogP contribution >= 0.6 is 0 Å². The van der Waals surface area contributed by atoms with Crippen LogP contribution in [0.25, 0.3) is 0 Å². The van der Waals surface area contributed by atoms with Gasteiger partial charge in [0.15, 0.2) is 0 Å². The normalized spacial score (nSPS) is 12.2. The predicted molar refractivity (Wildman–Crippen MR) is 80.0 cm³/mol. The molecule has 0 aliphatic heterocycles. The maximum Gasteiger partial charge on any atom is 0.129 e. The first kappa shape index (κ1) is 13.6. The van der Waals surface area contributed by atoms with Gasteiger partial charge in [-0.05, 0) is 36.1 Å². The van der Waals surface area contributed by atoms with Crippen LogP contribution in [-0.2, 0) is 6.54 Å². The summed E-state index contributed by atoms with van der Waals surface area (Å²) in [6.45, 7) is 4.93. The van der Waals surface area contributed by atoms with Gasteiger partial charge in [0.2, 0.25) is 0 Å². The number of hydrogen-bond donors (Lipinski definition) is 2. The van der Waals surface area contributed by atoms with E-state index in [1.165, 1.54) is 5.56 Å². The Morgan fingerprint density at radius 2 is 2.00 bits per heavy atom. The molecule has 100 valence electrons. The van der Waals surface area contributed by atoms with Gasteiger partial charge in [0.05, 0.1) is 0 Å². The molecule has 2 aromatic rings. The van der Waals surface area contributed by atoms with E-state index < -0.39 is 0 Å². The molecule has 1 aromatic heterocycles. The number of hydrogen-bond acceptors (Lipinski definition) is 3. The van der Waals surface area contributed by atoms with E-state index in [2.05, 4.69) is 42.3 Å². The second-order valence-corrected chi connectivity index (χ2v) is 4.79. The smallest absolute Gasteiger partial charge is 0.129 e. The number of nitrogens with zero attached hydrogens (tertiary/aromatic N) is 1. The van der Waals surface area contributed by atoms with Crippen molar-refractivity contribution in [1.82, 2.24) is 4.98 Å². The molecule has 0 saturated carbocycles. The first-order chi connectivity index (χ1) is 9.20. The summed E-state index contributed by atoms with van der Waals surface area (Å²) in [4.78, 5) is 4.47. The zero-order valence-electron chi connectivity index (χ0n) is 11.6. The number of aryl methyl sites for hydroxylation is 1. The Hall–Kier alpha value is -1.87. The summed E-state index contributed by atoms with van der Waals surface area (Å²) in [6, 6.07) is 12.5. The van der Waals surface area contributed by atoms with E-state index in [4.69, 9.17) is 5.73 Å². The first-order valence-electron chi connectivity index (χ1n) is 6.70. The maximum atomic E-state index is 6.02. The zero-order chi connectivity index (χ0) is 13.7. The topological polar surface area (TPSA) is 50.9 Å². The lowest BCUT2D eigenvalue weighted by Gasteiger charge is -2.13. The molecule has 19 heavy (non-hydrogen) atoms. The summed E-state index contributed by atoms with van der Waals surface area (Å²) in [5, 5.41) is 3.36. The molecular formula is C16H21N3. The summed E-state index contributed by atoms with van der Waals surface area (Å²) >= 11 is 0. The first-order valence-corrected chi connectivity index (χ1v) is 6.70. The average Bonchev–Trinajstić information content (AvgIpc) is 2.46. The SMILES string of the molecule is CC[C@H](N)c1cnc(NCc2ccccc2)c(C)c1. The standard InChI is InChI=1S/C16H21N3/c1-3-15(17)14-9-12(2)16(19-11-14)18-10-13-7-5-4-6-8-13/h4-9,11,15H,3,10,17H2,1-2H3,(H,18,19)/t15-/m0/s1. The number of rotatable bonds is 5. The molecule has 3 nitrogen and oxygen atoms in total. The van der Waals surface area contributed by atoms with Crippen molar-refractivity contribution >= 4 is 5.82 Å². The second kappa shape index (κ2) is 6.34. The van der Waals surface area contributed by atoms with Gasteiger partial charge in [-0.25, -0.2) is 4.98 Å². The van der Waals surface area contributed by atoms with Crippen molar-refractivity contribution in [3.05, 3.63) is 59.3 Å². The van der Waals surface area contributed by atoms with Gasteiger partial charge in [-0.3, -0.25) is 0 Å². The predicted octanol–water partition coefficient (Wildman–Crippen LogP) is 3.41. The van der Waals surface area contributed by atoms with Crippen molar-refractivity contribution in [2.75, 3.05) is 5.32 Å². The number of nitrogens with one attached hydrogen (secondary N) is 1. The van der Waals surface area contributed by atoms with Crippen LogP contribution in [0.15, 0.2) is 42.6 Å². The Morgan fingerprint density at radius 3 is 2.63 bits per heavy atom. The van der Waals surface area contributed by atoms with Gasteiger partial charge in [0.25, 0.3) is 0 Å². The fourth-order valence-electron chi connectivity index (χ4n) is 2.00. The van der Waals surface area contributed by atoms with Crippen LogP contribution in [0.3, 0.4) is 0 Å². The highest BCUT2D eigenvalue weighted by Gasteiger charge is 2.06.